The monoisotopic (exact) mass is 337 g/mol. The maximum Gasteiger partial charge on any atom is 0.194 e. The van der Waals surface area contributed by atoms with Crippen LogP contribution in [0.2, 0.25) is 0 Å². The lowest BCUT2D eigenvalue weighted by Crippen LogP contribution is -2.41. The number of methoxy groups -OCH3 is 1. The molecule has 1 aliphatic heterocycles. The summed E-state index contributed by atoms with van der Waals surface area (Å²) in [7, 11) is 1.75. The van der Waals surface area contributed by atoms with Crippen molar-refractivity contribution in [3.63, 3.8) is 0 Å². The van der Waals surface area contributed by atoms with Crippen molar-refractivity contribution in [1.82, 2.24) is 10.2 Å². The van der Waals surface area contributed by atoms with Gasteiger partial charge in [-0.25, -0.2) is 9.38 Å². The van der Waals surface area contributed by atoms with Crippen molar-refractivity contribution in [2.75, 3.05) is 39.9 Å². The Morgan fingerprint density at radius 2 is 2.17 bits per heavy atom. The van der Waals surface area contributed by atoms with Crippen molar-refractivity contribution < 1.29 is 13.9 Å². The van der Waals surface area contributed by atoms with Crippen LogP contribution in [0.3, 0.4) is 0 Å². The van der Waals surface area contributed by atoms with E-state index in [1.54, 1.807) is 19.2 Å². The zero-order chi connectivity index (χ0) is 17.4. The molecule has 1 heterocycles. The van der Waals surface area contributed by atoms with Crippen LogP contribution in [0, 0.1) is 11.7 Å². The average Bonchev–Trinajstić information content (AvgIpc) is 3.02. The predicted octanol–water partition coefficient (Wildman–Crippen LogP) is 2.53. The number of likely N-dealkylation sites (tertiary alicyclic amines) is 1. The van der Waals surface area contributed by atoms with E-state index in [2.05, 4.69) is 17.1 Å². The van der Waals surface area contributed by atoms with Crippen LogP contribution < -0.4 is 10.1 Å². The number of rotatable bonds is 7. The van der Waals surface area contributed by atoms with Gasteiger partial charge in [-0.3, -0.25) is 0 Å². The minimum Gasteiger partial charge on any atom is -0.489 e. The predicted molar refractivity (Wildman–Crippen MR) is 94.0 cm³/mol. The molecular formula is C18H28FN3O2. The lowest BCUT2D eigenvalue weighted by molar-refractivity contribution is 0.157. The number of aliphatic imine (C=N–C) groups is 1. The highest BCUT2D eigenvalue weighted by Gasteiger charge is 2.24. The molecule has 1 N–H and O–H groups in total. The van der Waals surface area contributed by atoms with Crippen molar-refractivity contribution in [3.8, 4) is 5.75 Å². The summed E-state index contributed by atoms with van der Waals surface area (Å²) in [5.74, 6) is 1.88. The first-order chi connectivity index (χ1) is 11.6. The molecule has 134 valence electrons. The summed E-state index contributed by atoms with van der Waals surface area (Å²) in [5, 5.41) is 3.34. The highest BCUT2D eigenvalue weighted by Crippen LogP contribution is 2.17. The molecule has 2 unspecified atom stereocenters. The van der Waals surface area contributed by atoms with Crippen molar-refractivity contribution in [1.29, 1.82) is 0 Å². The van der Waals surface area contributed by atoms with E-state index >= 15 is 0 Å². The molecule has 24 heavy (non-hydrogen) atoms. The molecule has 0 amide bonds. The van der Waals surface area contributed by atoms with E-state index in [0.717, 1.165) is 38.6 Å². The molecule has 0 bridgehead atoms. The lowest BCUT2D eigenvalue weighted by atomic mass is 10.1. The number of nitrogens with one attached hydrogen (secondary N) is 1. The summed E-state index contributed by atoms with van der Waals surface area (Å²) in [5.41, 5.74) is 0. The molecule has 0 aliphatic carbocycles. The fraction of sp³-hybridized carbons (Fsp3) is 0.611. The highest BCUT2D eigenvalue weighted by molar-refractivity contribution is 5.80. The fourth-order valence-corrected chi connectivity index (χ4v) is 2.82. The Hall–Kier alpha value is -1.82. The Bertz CT molecular complexity index is 522. The van der Waals surface area contributed by atoms with Crippen LogP contribution >= 0.6 is 0 Å². The Labute approximate surface area is 143 Å². The molecule has 1 aromatic rings. The van der Waals surface area contributed by atoms with Gasteiger partial charge < -0.3 is 19.7 Å². The number of nitrogens with zero attached hydrogens (tertiary/aromatic N) is 2. The van der Waals surface area contributed by atoms with Gasteiger partial charge in [0.15, 0.2) is 5.96 Å². The van der Waals surface area contributed by atoms with E-state index in [0.29, 0.717) is 18.2 Å². The summed E-state index contributed by atoms with van der Waals surface area (Å²) in [6.45, 7) is 8.16. The highest BCUT2D eigenvalue weighted by atomic mass is 19.1. The largest absolute Gasteiger partial charge is 0.489 e. The summed E-state index contributed by atoms with van der Waals surface area (Å²) in [4.78, 5) is 6.97. The van der Waals surface area contributed by atoms with Gasteiger partial charge in [-0.2, -0.15) is 0 Å². The van der Waals surface area contributed by atoms with Gasteiger partial charge in [-0.1, -0.05) is 0 Å². The Morgan fingerprint density at radius 1 is 1.42 bits per heavy atom. The molecule has 6 heteroatoms. The van der Waals surface area contributed by atoms with Crippen molar-refractivity contribution >= 4 is 5.96 Å². The van der Waals surface area contributed by atoms with E-state index in [-0.39, 0.29) is 11.9 Å². The zero-order valence-electron chi connectivity index (χ0n) is 14.8. The van der Waals surface area contributed by atoms with Gasteiger partial charge in [0.25, 0.3) is 0 Å². The summed E-state index contributed by atoms with van der Waals surface area (Å²) < 4.78 is 24.0. The van der Waals surface area contributed by atoms with Gasteiger partial charge in [0.1, 0.15) is 17.7 Å². The second-order valence-electron chi connectivity index (χ2n) is 6.13. The normalized spacial score (nSPS) is 19.4. The molecule has 2 atom stereocenters. The van der Waals surface area contributed by atoms with Gasteiger partial charge in [-0.05, 0) is 44.5 Å². The average molecular weight is 337 g/mol. The fourth-order valence-electron chi connectivity index (χ4n) is 2.82. The van der Waals surface area contributed by atoms with Crippen molar-refractivity contribution in [3.05, 3.63) is 30.1 Å². The zero-order valence-corrected chi connectivity index (χ0v) is 14.8. The van der Waals surface area contributed by atoms with Crippen LogP contribution in [-0.2, 0) is 4.74 Å². The van der Waals surface area contributed by atoms with Crippen LogP contribution in [0.5, 0.6) is 5.75 Å². The minimum absolute atomic E-state index is 0.0820. The molecule has 1 aromatic carbocycles. The molecular weight excluding hydrogens is 309 g/mol. The summed E-state index contributed by atoms with van der Waals surface area (Å²) >= 11 is 0. The topological polar surface area (TPSA) is 46.1 Å². The maximum absolute atomic E-state index is 12.9. The quantitative estimate of drug-likeness (QED) is 0.613. The number of guanidine groups is 1. The lowest BCUT2D eigenvalue weighted by Gasteiger charge is -2.22. The Balaban J connectivity index is 1.89. The van der Waals surface area contributed by atoms with E-state index < -0.39 is 0 Å². The first-order valence-electron chi connectivity index (χ1n) is 8.56. The summed E-state index contributed by atoms with van der Waals surface area (Å²) in [6, 6.07) is 6.07. The van der Waals surface area contributed by atoms with Gasteiger partial charge >= 0.3 is 0 Å². The number of ether oxygens (including phenoxy) is 2. The van der Waals surface area contributed by atoms with Crippen LogP contribution in [0.4, 0.5) is 4.39 Å². The molecule has 0 aromatic heterocycles. The first-order valence-corrected chi connectivity index (χ1v) is 8.56. The van der Waals surface area contributed by atoms with Crippen molar-refractivity contribution in [2.45, 2.75) is 26.4 Å². The van der Waals surface area contributed by atoms with E-state index in [1.165, 1.54) is 12.1 Å². The van der Waals surface area contributed by atoms with Crippen LogP contribution in [0.25, 0.3) is 0 Å². The number of halogens is 1. The molecule has 1 saturated heterocycles. The first kappa shape index (κ1) is 18.5. The smallest absolute Gasteiger partial charge is 0.194 e. The summed E-state index contributed by atoms with van der Waals surface area (Å²) in [6.07, 6.45) is 1.04. The minimum atomic E-state index is -0.262. The second kappa shape index (κ2) is 9.47. The van der Waals surface area contributed by atoms with Crippen LogP contribution in [0.15, 0.2) is 29.3 Å². The molecule has 2 rings (SSSR count). The maximum atomic E-state index is 12.9. The third-order valence-electron chi connectivity index (χ3n) is 3.97. The third kappa shape index (κ3) is 5.67. The van der Waals surface area contributed by atoms with Gasteiger partial charge in [-0.15, -0.1) is 0 Å². The standard InChI is InChI=1S/C18H28FN3O2/c1-4-20-18(22-10-9-15(12-22)13-23-3)21-11-14(2)24-17-7-5-16(19)6-8-17/h5-8,14-15H,4,9-13H2,1-3H3,(H,20,21). The second-order valence-corrected chi connectivity index (χ2v) is 6.13. The van der Waals surface area contributed by atoms with Gasteiger partial charge in [0.2, 0.25) is 0 Å². The molecule has 1 fully saturated rings. The number of hydrogen-bond donors (Lipinski definition) is 1. The van der Waals surface area contributed by atoms with Gasteiger partial charge in [0, 0.05) is 32.7 Å². The van der Waals surface area contributed by atoms with E-state index in [4.69, 9.17) is 14.5 Å². The molecule has 1 aliphatic rings. The third-order valence-corrected chi connectivity index (χ3v) is 3.97. The molecule has 5 nitrogen and oxygen atoms in total. The van der Waals surface area contributed by atoms with Crippen LogP contribution in [0.1, 0.15) is 20.3 Å². The number of benzene rings is 1. The van der Waals surface area contributed by atoms with Gasteiger partial charge in [0.05, 0.1) is 13.2 Å². The van der Waals surface area contributed by atoms with E-state index in [9.17, 15) is 4.39 Å². The molecule has 0 spiro atoms. The molecule has 0 radical (unpaired) electrons. The van der Waals surface area contributed by atoms with E-state index in [1.807, 2.05) is 6.92 Å². The SMILES string of the molecule is CCNC(=NCC(C)Oc1ccc(F)cc1)N1CCC(COC)C1. The number of hydrogen-bond acceptors (Lipinski definition) is 3. The molecule has 0 saturated carbocycles. The van der Waals surface area contributed by atoms with Crippen molar-refractivity contribution in [2.24, 2.45) is 10.9 Å². The Kier molecular flexibility index (Phi) is 7.31. The van der Waals surface area contributed by atoms with Crippen LogP contribution in [-0.4, -0.2) is 56.9 Å². The Morgan fingerprint density at radius 3 is 2.83 bits per heavy atom.